The first-order valence-electron chi connectivity index (χ1n) is 6.03. The Labute approximate surface area is 115 Å². The van der Waals surface area contributed by atoms with Crippen LogP contribution in [0.25, 0.3) is 0 Å². The summed E-state index contributed by atoms with van der Waals surface area (Å²) >= 11 is 3.45. The number of hydrogen-bond donors (Lipinski definition) is 1. The van der Waals surface area contributed by atoms with Gasteiger partial charge in [0.2, 0.25) is 0 Å². The summed E-state index contributed by atoms with van der Waals surface area (Å²) in [6.45, 7) is 3.00. The predicted octanol–water partition coefficient (Wildman–Crippen LogP) is 2.45. The van der Waals surface area contributed by atoms with Gasteiger partial charge in [0, 0.05) is 13.5 Å². The molecule has 0 saturated heterocycles. The molecule has 0 aliphatic carbocycles. The van der Waals surface area contributed by atoms with Crippen molar-refractivity contribution in [2.45, 2.75) is 25.8 Å². The Hall–Kier alpha value is -1.14. The Kier molecular flexibility index (Phi) is 4.54. The Morgan fingerprint density at radius 2 is 2.39 bits per heavy atom. The van der Waals surface area contributed by atoms with Crippen LogP contribution in [0.1, 0.15) is 30.8 Å². The van der Waals surface area contributed by atoms with Crippen LogP contribution >= 0.6 is 15.9 Å². The van der Waals surface area contributed by atoms with Crippen LogP contribution in [0.5, 0.6) is 0 Å². The number of hydrogen-bond acceptors (Lipinski definition) is 4. The third kappa shape index (κ3) is 3.00. The molecule has 2 heterocycles. The summed E-state index contributed by atoms with van der Waals surface area (Å²) < 4.78 is 7.97. The molecule has 0 fully saturated rings. The van der Waals surface area contributed by atoms with Crippen LogP contribution in [0, 0.1) is 0 Å². The van der Waals surface area contributed by atoms with E-state index in [-0.39, 0.29) is 6.04 Å². The molecule has 5 nitrogen and oxygen atoms in total. The Morgan fingerprint density at radius 1 is 1.56 bits per heavy atom. The molecule has 0 amide bonds. The van der Waals surface area contributed by atoms with Crippen molar-refractivity contribution < 1.29 is 4.42 Å². The molecule has 2 aromatic heterocycles. The summed E-state index contributed by atoms with van der Waals surface area (Å²) in [6.07, 6.45) is 3.54. The summed E-state index contributed by atoms with van der Waals surface area (Å²) in [4.78, 5) is 0. The zero-order valence-electron chi connectivity index (χ0n) is 10.6. The van der Waals surface area contributed by atoms with E-state index in [9.17, 15) is 0 Å². The molecule has 0 saturated carbocycles. The highest BCUT2D eigenvalue weighted by atomic mass is 79.9. The van der Waals surface area contributed by atoms with Crippen LogP contribution in [0.4, 0.5) is 0 Å². The van der Waals surface area contributed by atoms with Crippen molar-refractivity contribution in [3.8, 4) is 0 Å². The van der Waals surface area contributed by atoms with Gasteiger partial charge in [-0.3, -0.25) is 0 Å². The van der Waals surface area contributed by atoms with Crippen molar-refractivity contribution in [1.82, 2.24) is 20.3 Å². The van der Waals surface area contributed by atoms with E-state index in [0.717, 1.165) is 35.4 Å². The summed E-state index contributed by atoms with van der Waals surface area (Å²) in [5.74, 6) is 1.00. The molecule has 0 aromatic carbocycles. The molecule has 1 N–H and O–H groups in total. The molecule has 2 rings (SSSR count). The van der Waals surface area contributed by atoms with E-state index in [1.54, 1.807) is 10.9 Å². The number of aromatic nitrogens is 3. The maximum absolute atomic E-state index is 5.36. The fourth-order valence-corrected chi connectivity index (χ4v) is 2.64. The second-order valence-electron chi connectivity index (χ2n) is 4.12. The second kappa shape index (κ2) is 6.15. The lowest BCUT2D eigenvalue weighted by Crippen LogP contribution is -2.24. The summed E-state index contributed by atoms with van der Waals surface area (Å²) in [6, 6.07) is 4.13. The van der Waals surface area contributed by atoms with E-state index < -0.39 is 0 Å². The minimum Gasteiger partial charge on any atom is -0.469 e. The van der Waals surface area contributed by atoms with E-state index >= 15 is 0 Å². The number of nitrogens with zero attached hydrogens (tertiary/aromatic N) is 3. The van der Waals surface area contributed by atoms with Crippen molar-refractivity contribution in [3.63, 3.8) is 0 Å². The Bertz CT molecular complexity index is 461. The van der Waals surface area contributed by atoms with E-state index in [1.165, 1.54) is 0 Å². The van der Waals surface area contributed by atoms with Crippen molar-refractivity contribution in [1.29, 1.82) is 0 Å². The average molecular weight is 313 g/mol. The van der Waals surface area contributed by atoms with Crippen molar-refractivity contribution >= 4 is 15.9 Å². The molecule has 6 heteroatoms. The standard InChI is InChI=1S/C12H17BrN4O/c1-3-14-10(7-6-9-5-4-8-18-9)11-12(13)15-16-17(11)2/h4-5,8,10,14H,3,6-7H2,1-2H3. The Morgan fingerprint density at radius 3 is 2.94 bits per heavy atom. The fraction of sp³-hybridized carbons (Fsp3) is 0.500. The van der Waals surface area contributed by atoms with Gasteiger partial charge in [-0.2, -0.15) is 0 Å². The molecule has 18 heavy (non-hydrogen) atoms. The fourth-order valence-electron chi connectivity index (χ4n) is 2.03. The molecule has 1 unspecified atom stereocenters. The lowest BCUT2D eigenvalue weighted by molar-refractivity contribution is 0.441. The molecule has 0 spiro atoms. The lowest BCUT2D eigenvalue weighted by atomic mass is 10.1. The molecule has 0 radical (unpaired) electrons. The van der Waals surface area contributed by atoms with Gasteiger partial charge in [0.1, 0.15) is 5.76 Å². The highest BCUT2D eigenvalue weighted by molar-refractivity contribution is 9.10. The van der Waals surface area contributed by atoms with Crippen LogP contribution in [0.3, 0.4) is 0 Å². The van der Waals surface area contributed by atoms with E-state index in [1.807, 2.05) is 19.2 Å². The zero-order valence-corrected chi connectivity index (χ0v) is 12.1. The van der Waals surface area contributed by atoms with Crippen LogP contribution in [0.15, 0.2) is 27.4 Å². The number of halogens is 1. The van der Waals surface area contributed by atoms with Crippen LogP contribution < -0.4 is 5.32 Å². The van der Waals surface area contributed by atoms with Gasteiger partial charge in [-0.1, -0.05) is 12.1 Å². The van der Waals surface area contributed by atoms with Gasteiger partial charge in [0.25, 0.3) is 0 Å². The average Bonchev–Trinajstić information content (AvgIpc) is 2.96. The van der Waals surface area contributed by atoms with Crippen molar-refractivity contribution in [2.75, 3.05) is 6.54 Å². The topological polar surface area (TPSA) is 55.9 Å². The van der Waals surface area contributed by atoms with Crippen LogP contribution in [-0.2, 0) is 13.5 Å². The van der Waals surface area contributed by atoms with E-state index in [2.05, 4.69) is 38.5 Å². The molecule has 98 valence electrons. The first-order valence-corrected chi connectivity index (χ1v) is 6.82. The molecule has 1 atom stereocenters. The lowest BCUT2D eigenvalue weighted by Gasteiger charge is -2.17. The third-order valence-electron chi connectivity index (χ3n) is 2.87. The van der Waals surface area contributed by atoms with Gasteiger partial charge in [-0.15, -0.1) is 5.10 Å². The Balaban J connectivity index is 2.08. The van der Waals surface area contributed by atoms with E-state index in [0.29, 0.717) is 0 Å². The van der Waals surface area contributed by atoms with E-state index in [4.69, 9.17) is 4.42 Å². The van der Waals surface area contributed by atoms with Gasteiger partial charge in [-0.05, 0) is 41.0 Å². The number of rotatable bonds is 6. The largest absolute Gasteiger partial charge is 0.469 e. The van der Waals surface area contributed by atoms with Crippen molar-refractivity contribution in [3.05, 3.63) is 34.5 Å². The first-order chi connectivity index (χ1) is 8.72. The molecular weight excluding hydrogens is 296 g/mol. The number of nitrogens with one attached hydrogen (secondary N) is 1. The molecule has 0 bridgehead atoms. The molecular formula is C12H17BrN4O. The van der Waals surface area contributed by atoms with Crippen molar-refractivity contribution in [2.24, 2.45) is 7.05 Å². The van der Waals surface area contributed by atoms with Gasteiger partial charge in [-0.25, -0.2) is 4.68 Å². The second-order valence-corrected chi connectivity index (χ2v) is 4.87. The number of aryl methyl sites for hydroxylation is 2. The smallest absolute Gasteiger partial charge is 0.153 e. The molecule has 0 aliphatic rings. The molecule has 2 aromatic rings. The number of furan rings is 1. The SMILES string of the molecule is CCNC(CCc1ccco1)c1c(Br)nnn1C. The zero-order chi connectivity index (χ0) is 13.0. The summed E-state index contributed by atoms with van der Waals surface area (Å²) in [7, 11) is 1.91. The van der Waals surface area contributed by atoms with Crippen LogP contribution in [-0.4, -0.2) is 21.5 Å². The monoisotopic (exact) mass is 312 g/mol. The first kappa shape index (κ1) is 13.3. The minimum absolute atomic E-state index is 0.217. The third-order valence-corrected chi connectivity index (χ3v) is 3.43. The van der Waals surface area contributed by atoms with Crippen LogP contribution in [0.2, 0.25) is 0 Å². The van der Waals surface area contributed by atoms with Gasteiger partial charge in [0.05, 0.1) is 18.0 Å². The maximum atomic E-state index is 5.36. The quantitative estimate of drug-likeness (QED) is 0.890. The normalized spacial score (nSPS) is 12.8. The minimum atomic E-state index is 0.217. The predicted molar refractivity (Wildman–Crippen MR) is 72.1 cm³/mol. The van der Waals surface area contributed by atoms with Gasteiger partial charge >= 0.3 is 0 Å². The highest BCUT2D eigenvalue weighted by Crippen LogP contribution is 2.24. The van der Waals surface area contributed by atoms with Gasteiger partial charge in [0.15, 0.2) is 4.60 Å². The summed E-state index contributed by atoms with van der Waals surface area (Å²) in [5, 5.41) is 11.5. The maximum Gasteiger partial charge on any atom is 0.153 e. The van der Waals surface area contributed by atoms with Gasteiger partial charge < -0.3 is 9.73 Å². The summed E-state index contributed by atoms with van der Waals surface area (Å²) in [5.41, 5.74) is 1.07. The molecule has 0 aliphatic heterocycles. The highest BCUT2D eigenvalue weighted by Gasteiger charge is 2.19.